The molecule has 0 saturated heterocycles. The average Bonchev–Trinajstić information content (AvgIpc) is 1.00. The Morgan fingerprint density at radius 2 is 1.00 bits per heavy atom. The Morgan fingerprint density at radius 1 is 1.00 bits per heavy atom. The molecule has 0 aliphatic heterocycles. The van der Waals surface area contributed by atoms with Gasteiger partial charge in [0.15, 0.2) is 0 Å². The van der Waals surface area contributed by atoms with Gasteiger partial charge in [-0.3, -0.25) is 0 Å². The van der Waals surface area contributed by atoms with Crippen LogP contribution in [0.3, 0.4) is 0 Å². The first-order valence-electron chi connectivity index (χ1n) is 0.333. The third-order valence-corrected chi connectivity index (χ3v) is 0. The predicted octanol–water partition coefficient (Wildman–Crippen LogP) is -1.14. The molecule has 0 aromatic carbocycles. The van der Waals surface area contributed by atoms with Crippen LogP contribution < -0.4 is 0 Å². The van der Waals surface area contributed by atoms with Gasteiger partial charge in [-0.1, -0.05) is 0 Å². The smallest absolute Gasteiger partial charge is 0 e. The largest absolute Gasteiger partial charge is 0 e. The summed E-state index contributed by atoms with van der Waals surface area (Å²) in [4.78, 5) is 0. The monoisotopic (exact) mass is 84.0 g/mol. The summed E-state index contributed by atoms with van der Waals surface area (Å²) in [6.45, 7) is 0. The summed E-state index contributed by atoms with van der Waals surface area (Å²) in [6.07, 6.45) is 0. The fourth-order valence-corrected chi connectivity index (χ4v) is 0. The van der Waals surface area contributed by atoms with Gasteiger partial charge in [-0.25, -0.2) is 0 Å². The Kier molecular flexibility index (Phi) is 259. The van der Waals surface area contributed by atoms with Gasteiger partial charge in [0.1, 0.15) is 0 Å². The van der Waals surface area contributed by atoms with Crippen molar-refractivity contribution >= 4 is 23.9 Å². The minimum absolute atomic E-state index is 0. The van der Waals surface area contributed by atoms with Gasteiger partial charge in [0, 0.05) is 42.4 Å². The zero-order chi connectivity index (χ0) is 2.00. The van der Waals surface area contributed by atoms with Crippen molar-refractivity contribution in [1.82, 2.24) is 0 Å². The number of rotatable bonds is 0. The Labute approximate surface area is 43.0 Å². The summed E-state index contributed by atoms with van der Waals surface area (Å²) >= 11 is 0. The summed E-state index contributed by atoms with van der Waals surface area (Å²) in [5.41, 5.74) is 0. The molecule has 4 heteroatoms. The van der Waals surface area contributed by atoms with Gasteiger partial charge in [-0.05, 0) is 0 Å². The van der Waals surface area contributed by atoms with Gasteiger partial charge in [0.2, 0.25) is 0 Å². The minimum atomic E-state index is 0. The summed E-state index contributed by atoms with van der Waals surface area (Å²) in [6, 6.07) is 0. The Balaban J connectivity index is -0.00000000500. The molecule has 0 unspecified atom stereocenters. The van der Waals surface area contributed by atoms with Gasteiger partial charge in [0.05, 0.1) is 0 Å². The Morgan fingerprint density at radius 3 is 1.00 bits per heavy atom. The molecule has 4 heavy (non-hydrogen) atoms. The number of hydrogen-bond donors (Lipinski definition) is 0. The molecule has 0 atom stereocenters. The second kappa shape index (κ2) is 48.1. The molecule has 0 spiro atoms. The zero-order valence-corrected chi connectivity index (χ0v) is 3.58. The number of hydrogen-bond acceptors (Lipinski definition) is 0. The van der Waals surface area contributed by atoms with Crippen molar-refractivity contribution in [3.63, 3.8) is 0 Å². The zero-order valence-electron chi connectivity index (χ0n) is 2.18. The van der Waals surface area contributed by atoms with E-state index in [-0.39, 0.29) is 27.0 Å². The first-order valence-corrected chi connectivity index (χ1v) is 0.333. The Bertz CT molecular complexity index is 3.25. The molecule has 0 rings (SSSR count). The maximum absolute atomic E-state index is 4.00. The van der Waals surface area contributed by atoms with Crippen LogP contribution in [0.1, 0.15) is 0 Å². The van der Waals surface area contributed by atoms with Crippen molar-refractivity contribution in [2.45, 2.75) is 0 Å². The molecule has 0 bridgehead atoms. The van der Waals surface area contributed by atoms with Gasteiger partial charge in [0.25, 0.3) is 0 Å². The van der Waals surface area contributed by atoms with E-state index in [1.165, 1.54) is 0 Å². The van der Waals surface area contributed by atoms with Crippen LogP contribution in [-0.4, -0.2) is 23.9 Å². The van der Waals surface area contributed by atoms with Gasteiger partial charge in [-0.2, -0.15) is 0 Å². The van der Waals surface area contributed by atoms with Crippen LogP contribution in [0.5, 0.6) is 0 Å². The van der Waals surface area contributed by atoms with E-state index in [0.29, 0.717) is 0 Å². The maximum atomic E-state index is 4.00. The van der Waals surface area contributed by atoms with E-state index in [1.807, 2.05) is 0 Å². The summed E-state index contributed by atoms with van der Waals surface area (Å²) in [7, 11) is 8.00. The quantitative estimate of drug-likeness (QED) is 0.325. The predicted molar refractivity (Wildman–Crippen MR) is 17.3 cm³/mol. The van der Waals surface area contributed by atoms with Crippen molar-refractivity contribution in [2.75, 3.05) is 0 Å². The third kappa shape index (κ3) is 14.5. The average molecular weight is 83.4 g/mol. The second-order valence-electron chi connectivity index (χ2n) is 0. The van der Waals surface area contributed by atoms with Gasteiger partial charge < -0.3 is 0 Å². The van der Waals surface area contributed by atoms with Crippen molar-refractivity contribution in [2.24, 2.45) is 0 Å². The van der Waals surface area contributed by atoms with Crippen LogP contribution >= 0.6 is 0 Å². The third-order valence-electron chi connectivity index (χ3n) is 0. The van der Waals surface area contributed by atoms with Crippen LogP contribution in [0, 0.1) is 0 Å². The topological polar surface area (TPSA) is 0 Å². The molecule has 0 heterocycles. The molecule has 0 fully saturated rings. The standard InChI is InChI=1S/B2.B.V/c1-2;;. The van der Waals surface area contributed by atoms with E-state index in [1.54, 1.807) is 0 Å². The molecule has 0 aliphatic rings. The van der Waals surface area contributed by atoms with Gasteiger partial charge >= 0.3 is 0 Å². The van der Waals surface area contributed by atoms with E-state index in [2.05, 4.69) is 15.5 Å². The molecular formula is B3V. The van der Waals surface area contributed by atoms with Crippen LogP contribution in [0.25, 0.3) is 0 Å². The van der Waals surface area contributed by atoms with E-state index < -0.39 is 0 Å². The molecule has 0 nitrogen and oxygen atoms in total. The fraction of sp³-hybridized carbons (Fsp3) is 0. The van der Waals surface area contributed by atoms with E-state index in [9.17, 15) is 0 Å². The SMILES string of the molecule is [B].[B][B].[V]. The molecular weight excluding hydrogens is 83.4 g/mol. The van der Waals surface area contributed by atoms with Crippen molar-refractivity contribution < 1.29 is 18.6 Å². The second-order valence-corrected chi connectivity index (χ2v) is 0. The maximum Gasteiger partial charge on any atom is 0 e. The first kappa shape index (κ1) is 21.6. The van der Waals surface area contributed by atoms with Crippen LogP contribution in [0.15, 0.2) is 0 Å². The normalized spacial score (nSPS) is 1.00. The molecule has 0 aliphatic carbocycles. The molecule has 0 saturated carbocycles. The van der Waals surface area contributed by atoms with Crippen LogP contribution in [0.2, 0.25) is 0 Å². The van der Waals surface area contributed by atoms with Crippen LogP contribution in [-0.2, 0) is 18.6 Å². The summed E-state index contributed by atoms with van der Waals surface area (Å²) < 4.78 is 0. The van der Waals surface area contributed by atoms with Crippen molar-refractivity contribution in [3.8, 4) is 0 Å². The van der Waals surface area contributed by atoms with E-state index in [4.69, 9.17) is 0 Å². The first-order chi connectivity index (χ1) is 1.00. The summed E-state index contributed by atoms with van der Waals surface area (Å²) in [5.74, 6) is 0. The van der Waals surface area contributed by atoms with Gasteiger partial charge in [-0.15, -0.1) is 0 Å². The molecule has 14 valence electrons. The van der Waals surface area contributed by atoms with Crippen molar-refractivity contribution in [1.29, 1.82) is 0 Å². The molecule has 0 amide bonds. The fourth-order valence-electron chi connectivity index (χ4n) is 0. The van der Waals surface area contributed by atoms with E-state index >= 15 is 0 Å². The Hall–Kier alpha value is 0.779. The molecule has 0 aromatic rings. The molecule has 0 aromatic heterocycles. The molecule has 0 N–H and O–H groups in total. The summed E-state index contributed by atoms with van der Waals surface area (Å²) in [5, 5.41) is 0. The van der Waals surface area contributed by atoms with Crippen molar-refractivity contribution in [3.05, 3.63) is 0 Å². The van der Waals surface area contributed by atoms with Crippen LogP contribution in [0.4, 0.5) is 0 Å². The van der Waals surface area contributed by atoms with E-state index in [0.717, 1.165) is 0 Å². The minimum Gasteiger partial charge on any atom is 0 e. The molecule has 8 radical (unpaired) electrons.